The van der Waals surface area contributed by atoms with Crippen molar-refractivity contribution in [1.29, 1.82) is 0 Å². The van der Waals surface area contributed by atoms with E-state index in [2.05, 4.69) is 20.8 Å². The third-order valence-electron chi connectivity index (χ3n) is 4.15. The van der Waals surface area contributed by atoms with Crippen molar-refractivity contribution >= 4 is 5.97 Å². The predicted octanol–water partition coefficient (Wildman–Crippen LogP) is 4.68. The van der Waals surface area contributed by atoms with E-state index in [0.717, 1.165) is 22.3 Å². The van der Waals surface area contributed by atoms with Crippen LogP contribution >= 0.6 is 0 Å². The zero-order valence-corrected chi connectivity index (χ0v) is 15.1. The molecule has 24 heavy (non-hydrogen) atoms. The molecule has 0 heterocycles. The van der Waals surface area contributed by atoms with Crippen molar-refractivity contribution in [2.75, 3.05) is 0 Å². The maximum Gasteiger partial charge on any atom is 0.345 e. The van der Waals surface area contributed by atoms with Crippen LogP contribution in [0.1, 0.15) is 43.0 Å². The Labute approximate surface area is 144 Å². The molecule has 0 bridgehead atoms. The molecule has 3 nitrogen and oxygen atoms in total. The summed E-state index contributed by atoms with van der Waals surface area (Å²) in [7, 11) is 0. The van der Waals surface area contributed by atoms with Crippen LogP contribution in [-0.2, 0) is 16.6 Å². The molecule has 0 spiro atoms. The van der Waals surface area contributed by atoms with Crippen molar-refractivity contribution in [2.24, 2.45) is 0 Å². The number of hydrogen-bond donors (Lipinski definition) is 1. The summed E-state index contributed by atoms with van der Waals surface area (Å²) < 4.78 is 5.93. The van der Waals surface area contributed by atoms with Gasteiger partial charge in [0.05, 0.1) is 0 Å². The molecule has 0 radical (unpaired) electrons. The van der Waals surface area contributed by atoms with E-state index in [1.165, 1.54) is 0 Å². The normalized spacial score (nSPS) is 12.7. The Morgan fingerprint density at radius 2 is 1.79 bits per heavy atom. The van der Waals surface area contributed by atoms with Gasteiger partial charge < -0.3 is 9.84 Å². The predicted molar refractivity (Wildman–Crippen MR) is 96.8 cm³/mol. The second kappa shape index (κ2) is 7.08. The highest BCUT2D eigenvalue weighted by Gasteiger charge is 2.25. The maximum absolute atomic E-state index is 11.7. The molecule has 0 unspecified atom stereocenters. The van der Waals surface area contributed by atoms with Crippen LogP contribution in [0.5, 0.6) is 5.75 Å². The summed E-state index contributed by atoms with van der Waals surface area (Å²) >= 11 is 0. The number of para-hydroxylation sites is 1. The molecule has 0 fully saturated rings. The van der Waals surface area contributed by atoms with Crippen molar-refractivity contribution in [3.05, 3.63) is 64.7 Å². The van der Waals surface area contributed by atoms with Gasteiger partial charge in [0, 0.05) is 6.42 Å². The van der Waals surface area contributed by atoms with Gasteiger partial charge in [0.15, 0.2) is 6.10 Å². The van der Waals surface area contributed by atoms with E-state index in [0.29, 0.717) is 12.2 Å². The first-order valence-corrected chi connectivity index (χ1v) is 8.23. The van der Waals surface area contributed by atoms with Gasteiger partial charge in [-0.2, -0.15) is 0 Å². The summed E-state index contributed by atoms with van der Waals surface area (Å²) in [5.41, 5.74) is 4.11. The van der Waals surface area contributed by atoms with Gasteiger partial charge in [0.2, 0.25) is 0 Å². The van der Waals surface area contributed by atoms with Gasteiger partial charge >= 0.3 is 5.97 Å². The van der Waals surface area contributed by atoms with Crippen molar-refractivity contribution in [2.45, 2.75) is 52.6 Å². The highest BCUT2D eigenvalue weighted by Crippen LogP contribution is 2.32. The van der Waals surface area contributed by atoms with Crippen molar-refractivity contribution < 1.29 is 14.6 Å². The minimum absolute atomic E-state index is 0.112. The molecule has 0 aliphatic heterocycles. The zero-order valence-electron chi connectivity index (χ0n) is 15.1. The SMILES string of the molecule is Cc1ccc(C)c(C[C@H](Oc2ccccc2C(C)(C)C)C(=O)O)c1. The fourth-order valence-electron chi connectivity index (χ4n) is 2.74. The largest absolute Gasteiger partial charge is 0.478 e. The first-order chi connectivity index (χ1) is 11.2. The van der Waals surface area contributed by atoms with Gasteiger partial charge in [0.1, 0.15) is 5.75 Å². The van der Waals surface area contributed by atoms with Gasteiger partial charge in [-0.05, 0) is 42.0 Å². The summed E-state index contributed by atoms with van der Waals surface area (Å²) in [5.74, 6) is -0.303. The topological polar surface area (TPSA) is 46.5 Å². The Morgan fingerprint density at radius 3 is 2.42 bits per heavy atom. The van der Waals surface area contributed by atoms with Gasteiger partial charge in [0.25, 0.3) is 0 Å². The lowest BCUT2D eigenvalue weighted by Crippen LogP contribution is -2.30. The number of aliphatic carboxylic acids is 1. The quantitative estimate of drug-likeness (QED) is 0.868. The highest BCUT2D eigenvalue weighted by molar-refractivity contribution is 5.73. The summed E-state index contributed by atoms with van der Waals surface area (Å²) in [6.07, 6.45) is -0.560. The fraction of sp³-hybridized carbons (Fsp3) is 0.381. The van der Waals surface area contributed by atoms with Crippen LogP contribution in [0.4, 0.5) is 0 Å². The van der Waals surface area contributed by atoms with E-state index in [-0.39, 0.29) is 5.41 Å². The van der Waals surface area contributed by atoms with Crippen molar-refractivity contribution in [3.8, 4) is 5.75 Å². The standard InChI is InChI=1S/C21H26O3/c1-14-10-11-15(2)16(12-14)13-19(20(22)23)24-18-9-7-6-8-17(18)21(3,4)5/h6-12,19H,13H2,1-5H3,(H,22,23)/t19-/m0/s1. The number of aryl methyl sites for hydroxylation is 2. The third-order valence-corrected chi connectivity index (χ3v) is 4.15. The van der Waals surface area contributed by atoms with Crippen LogP contribution in [0.3, 0.4) is 0 Å². The number of carboxylic acids is 1. The Balaban J connectivity index is 2.31. The second-order valence-corrected chi connectivity index (χ2v) is 7.32. The lowest BCUT2D eigenvalue weighted by atomic mass is 9.86. The van der Waals surface area contributed by atoms with Gasteiger partial charge in [-0.25, -0.2) is 4.79 Å². The van der Waals surface area contributed by atoms with E-state index >= 15 is 0 Å². The summed E-state index contributed by atoms with van der Waals surface area (Å²) in [6.45, 7) is 10.3. The smallest absolute Gasteiger partial charge is 0.345 e. The minimum Gasteiger partial charge on any atom is -0.478 e. The van der Waals surface area contributed by atoms with Gasteiger partial charge in [-0.15, -0.1) is 0 Å². The molecule has 0 aromatic heterocycles. The Kier molecular flexibility index (Phi) is 5.33. The molecule has 2 aromatic rings. The van der Waals surface area contributed by atoms with E-state index < -0.39 is 12.1 Å². The Bertz CT molecular complexity index is 726. The molecule has 1 N–H and O–H groups in total. The van der Waals surface area contributed by atoms with Gasteiger partial charge in [-0.3, -0.25) is 0 Å². The lowest BCUT2D eigenvalue weighted by Gasteiger charge is -2.25. The first kappa shape index (κ1) is 18.1. The van der Waals surface area contributed by atoms with Crippen LogP contribution in [0, 0.1) is 13.8 Å². The van der Waals surface area contributed by atoms with Crippen LogP contribution in [0.25, 0.3) is 0 Å². The maximum atomic E-state index is 11.7. The van der Waals surface area contributed by atoms with Crippen molar-refractivity contribution in [1.82, 2.24) is 0 Å². The lowest BCUT2D eigenvalue weighted by molar-refractivity contribution is -0.145. The van der Waals surface area contributed by atoms with E-state index in [1.54, 1.807) is 0 Å². The van der Waals surface area contributed by atoms with E-state index in [9.17, 15) is 9.90 Å². The minimum atomic E-state index is -0.945. The van der Waals surface area contributed by atoms with Crippen LogP contribution in [0.2, 0.25) is 0 Å². The number of benzene rings is 2. The molecule has 1 atom stereocenters. The summed E-state index contributed by atoms with van der Waals surface area (Å²) in [5, 5.41) is 9.62. The van der Waals surface area contributed by atoms with Crippen LogP contribution in [0.15, 0.2) is 42.5 Å². The Morgan fingerprint density at radius 1 is 1.12 bits per heavy atom. The molecule has 2 rings (SSSR count). The highest BCUT2D eigenvalue weighted by atomic mass is 16.5. The molecule has 3 heteroatoms. The van der Waals surface area contributed by atoms with Crippen molar-refractivity contribution in [3.63, 3.8) is 0 Å². The number of carbonyl (C=O) groups is 1. The molecule has 0 aliphatic rings. The molecule has 128 valence electrons. The number of hydrogen-bond acceptors (Lipinski definition) is 2. The molecule has 2 aromatic carbocycles. The number of carboxylic acid groups (broad SMARTS) is 1. The van der Waals surface area contributed by atoms with Crippen LogP contribution in [-0.4, -0.2) is 17.2 Å². The number of ether oxygens (including phenoxy) is 1. The summed E-state index contributed by atoms with van der Waals surface area (Å²) in [4.78, 5) is 11.7. The average Bonchev–Trinajstić information content (AvgIpc) is 2.49. The number of rotatable bonds is 5. The van der Waals surface area contributed by atoms with E-state index in [4.69, 9.17) is 4.74 Å². The molecule has 0 amide bonds. The fourth-order valence-corrected chi connectivity index (χ4v) is 2.74. The molecule has 0 saturated carbocycles. The zero-order chi connectivity index (χ0) is 17.9. The van der Waals surface area contributed by atoms with Gasteiger partial charge in [-0.1, -0.05) is 62.7 Å². The second-order valence-electron chi connectivity index (χ2n) is 7.32. The summed E-state index contributed by atoms with van der Waals surface area (Å²) in [6, 6.07) is 13.8. The Hall–Kier alpha value is -2.29. The molecular formula is C21H26O3. The first-order valence-electron chi connectivity index (χ1n) is 8.23. The third kappa shape index (κ3) is 4.38. The monoisotopic (exact) mass is 326 g/mol. The molecule has 0 aliphatic carbocycles. The average molecular weight is 326 g/mol. The van der Waals surface area contributed by atoms with E-state index in [1.807, 2.05) is 56.3 Å². The molecular weight excluding hydrogens is 300 g/mol. The van der Waals surface area contributed by atoms with Crippen LogP contribution < -0.4 is 4.74 Å². The molecule has 0 saturated heterocycles.